The summed E-state index contributed by atoms with van der Waals surface area (Å²) in [5.41, 5.74) is 0. The van der Waals surface area contributed by atoms with E-state index >= 15 is 0 Å². The van der Waals surface area contributed by atoms with Gasteiger partial charge in [-0.15, -0.1) is 0 Å². The molecule has 19 heteroatoms. The van der Waals surface area contributed by atoms with Gasteiger partial charge in [-0.1, -0.05) is 299 Å². The predicted octanol–water partition coefficient (Wildman–Crippen LogP) is 14.0. The maximum absolute atomic E-state index is 13.5. The number of carbonyl (C=O) groups excluding carboxylic acids is 1. The van der Waals surface area contributed by atoms with Gasteiger partial charge in [0.1, 0.15) is 73.2 Å². The van der Waals surface area contributed by atoms with E-state index in [1.165, 1.54) is 225 Å². The molecular weight excluding hydrogens is 1300 g/mol. The van der Waals surface area contributed by atoms with Crippen molar-refractivity contribution >= 4 is 5.91 Å². The molecule has 17 atom stereocenters. The molecule has 3 saturated heterocycles. The summed E-state index contributed by atoms with van der Waals surface area (Å²) in [4.78, 5) is 13.5. The minimum absolute atomic E-state index is 0.231. The van der Waals surface area contributed by atoms with E-state index < -0.39 is 124 Å². The van der Waals surface area contributed by atoms with Gasteiger partial charge in [0.25, 0.3) is 0 Å². The van der Waals surface area contributed by atoms with Gasteiger partial charge in [-0.2, -0.15) is 0 Å². The first-order valence-corrected chi connectivity index (χ1v) is 41.2. The first kappa shape index (κ1) is 93.4. The summed E-state index contributed by atoms with van der Waals surface area (Å²) in [6.07, 6.45) is 56.1. The summed E-state index contributed by atoms with van der Waals surface area (Å²) in [5, 5.41) is 121. The number of nitrogens with one attached hydrogen (secondary N) is 1. The van der Waals surface area contributed by atoms with Crippen LogP contribution in [0.4, 0.5) is 0 Å². The van der Waals surface area contributed by atoms with Crippen molar-refractivity contribution in [3.8, 4) is 0 Å². The third-order valence-corrected chi connectivity index (χ3v) is 20.2. The van der Waals surface area contributed by atoms with E-state index in [4.69, 9.17) is 28.4 Å². The highest BCUT2D eigenvalue weighted by atomic mass is 16.8. The smallest absolute Gasteiger partial charge is 0.220 e. The van der Waals surface area contributed by atoms with E-state index in [9.17, 15) is 61.0 Å². The Bertz CT molecular complexity index is 2120. The molecule has 0 bridgehead atoms. The van der Waals surface area contributed by atoms with Gasteiger partial charge in [0.05, 0.1) is 38.6 Å². The van der Waals surface area contributed by atoms with Crippen molar-refractivity contribution in [3.05, 3.63) is 72.9 Å². The number of hydrogen-bond donors (Lipinski definition) is 12. The minimum Gasteiger partial charge on any atom is -0.394 e. The Morgan fingerprint density at radius 3 is 1.05 bits per heavy atom. The molecule has 0 saturated carbocycles. The molecule has 12 N–H and O–H groups in total. The summed E-state index contributed by atoms with van der Waals surface area (Å²) in [6.45, 7) is 1.73. The van der Waals surface area contributed by atoms with Crippen molar-refractivity contribution in [3.63, 3.8) is 0 Å². The zero-order chi connectivity index (χ0) is 73.9. The van der Waals surface area contributed by atoms with Crippen molar-refractivity contribution < 1.29 is 89.4 Å². The molecular formula is C83H149NO18. The van der Waals surface area contributed by atoms with Crippen LogP contribution in [0.5, 0.6) is 0 Å². The lowest BCUT2D eigenvalue weighted by atomic mass is 9.96. The predicted molar refractivity (Wildman–Crippen MR) is 406 cm³/mol. The highest BCUT2D eigenvalue weighted by molar-refractivity contribution is 5.76. The lowest BCUT2D eigenvalue weighted by molar-refractivity contribution is -0.379. The largest absolute Gasteiger partial charge is 0.394 e. The van der Waals surface area contributed by atoms with Crippen LogP contribution in [-0.2, 0) is 33.2 Å². The Balaban J connectivity index is 1.37. The molecule has 3 aliphatic rings. The Morgan fingerprint density at radius 1 is 0.353 bits per heavy atom. The van der Waals surface area contributed by atoms with Crippen LogP contribution in [0.2, 0.25) is 0 Å². The molecule has 0 radical (unpaired) electrons. The zero-order valence-corrected chi connectivity index (χ0v) is 63.6. The third kappa shape index (κ3) is 42.7. The van der Waals surface area contributed by atoms with Crippen LogP contribution in [-0.4, -0.2) is 193 Å². The third-order valence-electron chi connectivity index (χ3n) is 20.2. The number of hydrogen-bond acceptors (Lipinski definition) is 18. The van der Waals surface area contributed by atoms with Gasteiger partial charge >= 0.3 is 0 Å². The average molecular weight is 1450 g/mol. The van der Waals surface area contributed by atoms with Crippen molar-refractivity contribution in [2.24, 2.45) is 0 Å². The molecule has 0 spiro atoms. The van der Waals surface area contributed by atoms with Gasteiger partial charge in [-0.3, -0.25) is 4.79 Å². The molecule has 19 nitrogen and oxygen atoms in total. The van der Waals surface area contributed by atoms with Crippen molar-refractivity contribution in [2.75, 3.05) is 26.4 Å². The van der Waals surface area contributed by atoms with Crippen LogP contribution in [0.15, 0.2) is 72.9 Å². The first-order chi connectivity index (χ1) is 49.8. The molecule has 3 rings (SSSR count). The number of aliphatic hydroxyl groups is 11. The monoisotopic (exact) mass is 1450 g/mol. The molecule has 3 fully saturated rings. The number of amides is 1. The Morgan fingerprint density at radius 2 is 0.657 bits per heavy atom. The lowest BCUT2D eigenvalue weighted by Crippen LogP contribution is -2.66. The van der Waals surface area contributed by atoms with Crippen LogP contribution in [0.3, 0.4) is 0 Å². The molecule has 3 heterocycles. The van der Waals surface area contributed by atoms with Gasteiger partial charge < -0.3 is 89.9 Å². The van der Waals surface area contributed by atoms with Crippen molar-refractivity contribution in [2.45, 2.75) is 420 Å². The molecule has 0 aromatic heterocycles. The number of rotatable bonds is 65. The zero-order valence-electron chi connectivity index (χ0n) is 63.6. The molecule has 102 heavy (non-hydrogen) atoms. The number of aliphatic hydroxyl groups excluding tert-OH is 11. The summed E-state index contributed by atoms with van der Waals surface area (Å²) >= 11 is 0. The Hall–Kier alpha value is -2.77. The standard InChI is InChI=1S/C83H149NO18/c1-3-5-7-9-11-13-15-17-19-21-23-25-27-29-30-31-32-33-34-35-36-37-39-41-43-45-47-49-51-53-55-57-59-61-71(89)84-66(67(88)60-58-56-54-52-50-48-46-44-42-40-38-28-26-24-22-20-18-16-14-12-10-8-6-4-2)65-97-81-77(95)74(92)79(69(63-86)99-81)102-83-78(96)75(93)80(70(64-87)100-83)101-82-76(94)73(91)72(90)68(62-85)98-82/h15,17,21,23,27,29,42,44,50,52,58,60,66-70,72-83,85-88,90-96H,3-14,16,18-20,22,24-26,28,30-41,43,45-49,51,53-57,59,61-65H2,1-2H3,(H,84,89)/b17-15-,23-21-,29-27-,44-42+,52-50+,60-58+. The fourth-order valence-corrected chi connectivity index (χ4v) is 13.6. The highest BCUT2D eigenvalue weighted by Crippen LogP contribution is 2.33. The molecule has 0 aromatic rings. The van der Waals surface area contributed by atoms with E-state index in [1.807, 2.05) is 6.08 Å². The number of ether oxygens (including phenoxy) is 6. The quantitative estimate of drug-likeness (QED) is 0.0199. The van der Waals surface area contributed by atoms with Crippen molar-refractivity contribution in [1.82, 2.24) is 5.32 Å². The van der Waals surface area contributed by atoms with E-state index in [0.717, 1.165) is 57.8 Å². The summed E-state index contributed by atoms with van der Waals surface area (Å²) < 4.78 is 34.4. The molecule has 3 aliphatic heterocycles. The second-order valence-electron chi connectivity index (χ2n) is 29.2. The van der Waals surface area contributed by atoms with E-state index in [2.05, 4.69) is 79.9 Å². The summed E-state index contributed by atoms with van der Waals surface area (Å²) in [6, 6.07) is -1.00. The normalized spacial score (nSPS) is 26.5. The Kier molecular flexibility index (Phi) is 57.9. The second kappa shape index (κ2) is 63.2. The average Bonchev–Trinajstić information content (AvgIpc) is 0.781. The van der Waals surface area contributed by atoms with E-state index in [0.29, 0.717) is 12.8 Å². The summed E-state index contributed by atoms with van der Waals surface area (Å²) in [7, 11) is 0. The number of unbranched alkanes of at least 4 members (excludes halogenated alkanes) is 39. The Labute approximate surface area is 617 Å². The molecule has 0 aromatic carbocycles. The minimum atomic E-state index is -1.99. The fraction of sp³-hybridized carbons (Fsp3) is 0.843. The SMILES string of the molecule is CCCCCCC/C=C\C/C=C\C/C=C\CCCCCCCCCCCCCCCCCCCCC(=O)NC(COC1OC(CO)C(OC2OC(CO)C(OC3OC(CO)C(O)C(O)C3O)C(O)C2O)C(O)C1O)C(O)/C=C/CC/C=C/CC/C=C/CCCCCCCCCCCCCCCC. The molecule has 0 aliphatic carbocycles. The van der Waals surface area contributed by atoms with Crippen molar-refractivity contribution in [1.29, 1.82) is 0 Å². The molecule has 17 unspecified atom stereocenters. The van der Waals surface area contributed by atoms with Gasteiger partial charge in [0.15, 0.2) is 18.9 Å². The second-order valence-corrected chi connectivity index (χ2v) is 29.2. The van der Waals surface area contributed by atoms with E-state index in [1.54, 1.807) is 6.08 Å². The van der Waals surface area contributed by atoms with Gasteiger partial charge in [-0.25, -0.2) is 0 Å². The maximum Gasteiger partial charge on any atom is 0.220 e. The van der Waals surface area contributed by atoms with Crippen LogP contribution in [0.25, 0.3) is 0 Å². The van der Waals surface area contributed by atoms with Gasteiger partial charge in [-0.05, 0) is 83.5 Å². The lowest BCUT2D eigenvalue weighted by Gasteiger charge is -2.48. The summed E-state index contributed by atoms with van der Waals surface area (Å²) in [5.74, 6) is -0.287. The highest BCUT2D eigenvalue weighted by Gasteiger charge is 2.54. The number of allylic oxidation sites excluding steroid dienone is 11. The van der Waals surface area contributed by atoms with Crippen LogP contribution in [0.1, 0.15) is 316 Å². The topological polar surface area (TPSA) is 307 Å². The van der Waals surface area contributed by atoms with Crippen LogP contribution < -0.4 is 5.32 Å². The maximum atomic E-state index is 13.5. The van der Waals surface area contributed by atoms with Crippen LogP contribution in [0, 0.1) is 0 Å². The van der Waals surface area contributed by atoms with Crippen LogP contribution >= 0.6 is 0 Å². The first-order valence-electron chi connectivity index (χ1n) is 41.2. The molecule has 594 valence electrons. The molecule has 1 amide bonds. The fourth-order valence-electron chi connectivity index (χ4n) is 13.6. The van der Waals surface area contributed by atoms with E-state index in [-0.39, 0.29) is 18.9 Å². The number of carbonyl (C=O) groups is 1. The van der Waals surface area contributed by atoms with Gasteiger partial charge in [0.2, 0.25) is 5.91 Å². The van der Waals surface area contributed by atoms with Gasteiger partial charge in [0, 0.05) is 6.42 Å².